The number of hydrogen-bond acceptors (Lipinski definition) is 8. The Morgan fingerprint density at radius 3 is 1.30 bits per heavy atom. The van der Waals surface area contributed by atoms with Crippen LogP contribution in [-0.2, 0) is 36.4 Å². The van der Waals surface area contributed by atoms with Gasteiger partial charge >= 0.3 is 0 Å². The predicted octanol–water partition coefficient (Wildman–Crippen LogP) is 17.5. The van der Waals surface area contributed by atoms with Gasteiger partial charge in [0.2, 0.25) is 5.91 Å². The van der Waals surface area contributed by atoms with Crippen LogP contribution >= 0.6 is 0 Å². The Hall–Kier alpha value is 0.0144. The van der Waals surface area contributed by atoms with E-state index in [1.165, 1.54) is 148 Å². The summed E-state index contributed by atoms with van der Waals surface area (Å²) >= 11 is 0. The number of hydrogen-bond donors (Lipinski definition) is 1. The van der Waals surface area contributed by atoms with E-state index in [0.29, 0.717) is 13.0 Å². The van der Waals surface area contributed by atoms with Crippen molar-refractivity contribution < 1.29 is 36.4 Å². The zero-order chi connectivity index (χ0) is 53.4. The van der Waals surface area contributed by atoms with E-state index in [-0.39, 0.29) is 24.7 Å². The summed E-state index contributed by atoms with van der Waals surface area (Å²) in [5.41, 5.74) is 0. The molecule has 0 bridgehead atoms. The highest BCUT2D eigenvalue weighted by molar-refractivity contribution is 6.71. The first-order valence-corrected chi connectivity index (χ1v) is 46.9. The van der Waals surface area contributed by atoms with E-state index < -0.39 is 72.2 Å². The number of rotatable bonds is 45. The minimum Gasteiger partial charge on any atom is -0.415 e. The van der Waals surface area contributed by atoms with Crippen molar-refractivity contribution in [2.75, 3.05) is 13.2 Å². The van der Waals surface area contributed by atoms with Gasteiger partial charge in [-0.25, -0.2) is 0 Å². The van der Waals surface area contributed by atoms with Gasteiger partial charge in [0.05, 0.1) is 25.4 Å². The Morgan fingerprint density at radius 2 is 0.887 bits per heavy atom. The number of carbonyl (C=O) groups is 1. The molecule has 1 fully saturated rings. The highest BCUT2D eigenvalue weighted by atomic mass is 28.4. The smallest absolute Gasteiger partial charge is 0.220 e. The molecule has 1 saturated heterocycles. The third-order valence-corrected chi connectivity index (χ3v) is 17.7. The molecule has 71 heavy (non-hydrogen) atoms. The molecule has 0 aromatic rings. The molecule has 422 valence electrons. The van der Waals surface area contributed by atoms with Crippen molar-refractivity contribution in [1.82, 2.24) is 5.32 Å². The van der Waals surface area contributed by atoms with Crippen LogP contribution in [0, 0.1) is 0 Å². The van der Waals surface area contributed by atoms with Crippen LogP contribution in [0.3, 0.4) is 0 Å². The molecule has 1 N–H and O–H groups in total. The van der Waals surface area contributed by atoms with E-state index in [4.69, 9.17) is 31.6 Å². The van der Waals surface area contributed by atoms with Crippen LogP contribution in [0.1, 0.15) is 194 Å². The largest absolute Gasteiger partial charge is 0.415 e. The summed E-state index contributed by atoms with van der Waals surface area (Å²) in [4.78, 5) is 14.0. The molecule has 1 aliphatic rings. The van der Waals surface area contributed by atoms with Crippen LogP contribution < -0.4 is 5.32 Å². The quantitative estimate of drug-likeness (QED) is 0.0366. The van der Waals surface area contributed by atoms with Gasteiger partial charge in [0, 0.05) is 6.42 Å². The number of allylic oxidation sites excluding steroid dienone is 1. The first-order chi connectivity index (χ1) is 33.2. The second-order valence-corrected chi connectivity index (χ2v) is 48.6. The number of carbonyl (C=O) groups excluding carboxylic acids is 1. The molecular weight excluding hydrogens is 967 g/mol. The van der Waals surface area contributed by atoms with Crippen molar-refractivity contribution in [3.63, 3.8) is 0 Å². The number of amides is 1. The summed E-state index contributed by atoms with van der Waals surface area (Å²) in [6.07, 6.45) is 37.3. The lowest BCUT2D eigenvalue weighted by molar-refractivity contribution is -0.292. The van der Waals surface area contributed by atoms with E-state index in [1.54, 1.807) is 0 Å². The third-order valence-electron chi connectivity index (χ3n) is 12.7. The van der Waals surface area contributed by atoms with Crippen molar-refractivity contribution in [3.05, 3.63) is 12.2 Å². The Balaban J connectivity index is 3.30. The molecule has 0 aromatic carbocycles. The zero-order valence-electron chi connectivity index (χ0n) is 50.2. The zero-order valence-corrected chi connectivity index (χ0v) is 55.2. The van der Waals surface area contributed by atoms with Crippen LogP contribution in [0.4, 0.5) is 0 Å². The van der Waals surface area contributed by atoms with Gasteiger partial charge in [-0.05, 0) is 117 Å². The van der Waals surface area contributed by atoms with Gasteiger partial charge < -0.3 is 36.9 Å². The molecule has 1 amide bonds. The Labute approximate surface area is 447 Å². The molecule has 0 aromatic heterocycles. The van der Waals surface area contributed by atoms with E-state index in [0.717, 1.165) is 25.7 Å². The molecule has 14 heteroatoms. The van der Waals surface area contributed by atoms with E-state index >= 15 is 0 Å². The van der Waals surface area contributed by atoms with Crippen LogP contribution in [0.15, 0.2) is 12.2 Å². The maximum Gasteiger partial charge on any atom is 0.220 e. The van der Waals surface area contributed by atoms with Gasteiger partial charge in [-0.1, -0.05) is 180 Å². The first-order valence-electron chi connectivity index (χ1n) is 29.8. The van der Waals surface area contributed by atoms with Gasteiger partial charge in [-0.3, -0.25) is 4.79 Å². The summed E-state index contributed by atoms with van der Waals surface area (Å²) in [6, 6.07) is -0.417. The Morgan fingerprint density at radius 1 is 0.493 bits per heavy atom. The fraction of sp³-hybridized carbons (Fsp3) is 0.947. The summed E-state index contributed by atoms with van der Waals surface area (Å²) in [5.74, 6) is 0.0562. The number of unbranched alkanes of at least 4 members (excludes halogenated alkanes) is 25. The second kappa shape index (κ2) is 37.7. The summed E-state index contributed by atoms with van der Waals surface area (Å²) < 4.78 is 49.0. The van der Waals surface area contributed by atoms with Crippen molar-refractivity contribution in [2.45, 2.75) is 335 Å². The highest BCUT2D eigenvalue weighted by Gasteiger charge is 2.52. The lowest BCUT2D eigenvalue weighted by Gasteiger charge is -2.51. The fourth-order valence-corrected chi connectivity index (χ4v) is 14.3. The van der Waals surface area contributed by atoms with Crippen LogP contribution in [0.5, 0.6) is 0 Å². The van der Waals surface area contributed by atoms with Gasteiger partial charge in [0.25, 0.3) is 0 Å². The maximum atomic E-state index is 14.0. The highest BCUT2D eigenvalue weighted by Crippen LogP contribution is 2.35. The minimum absolute atomic E-state index is 0.0562. The number of nitrogens with one attached hydrogen (secondary N) is 1. The molecule has 1 heterocycles. The van der Waals surface area contributed by atoms with Gasteiger partial charge in [-0.2, -0.15) is 0 Å². The van der Waals surface area contributed by atoms with Gasteiger partial charge in [0.15, 0.2) is 47.9 Å². The van der Waals surface area contributed by atoms with E-state index in [2.05, 4.69) is 130 Å². The average molecular weight is 1090 g/mol. The monoisotopic (exact) mass is 1090 g/mol. The van der Waals surface area contributed by atoms with Crippen molar-refractivity contribution in [2.24, 2.45) is 0 Å². The molecule has 0 aliphatic carbocycles. The Kier molecular flexibility index (Phi) is 36.7. The normalized spacial score (nSPS) is 20.5. The maximum absolute atomic E-state index is 14.0. The lowest BCUT2D eigenvalue weighted by Crippen LogP contribution is -2.66. The molecule has 0 unspecified atom stereocenters. The first kappa shape index (κ1) is 69.0. The summed E-state index contributed by atoms with van der Waals surface area (Å²) in [5, 5.41) is 3.47. The number of ether oxygens (including phenoxy) is 2. The molecule has 7 atom stereocenters. The molecule has 1 rings (SSSR count). The molecular formula is C57H121NO8Si5. The van der Waals surface area contributed by atoms with Crippen LogP contribution in [0.2, 0.25) is 98.2 Å². The van der Waals surface area contributed by atoms with E-state index in [9.17, 15) is 4.79 Å². The van der Waals surface area contributed by atoms with Crippen LogP contribution in [0.25, 0.3) is 0 Å². The van der Waals surface area contributed by atoms with Crippen LogP contribution in [-0.4, -0.2) is 104 Å². The van der Waals surface area contributed by atoms with Crippen molar-refractivity contribution >= 4 is 47.5 Å². The molecule has 0 saturated carbocycles. The third kappa shape index (κ3) is 39.1. The topological polar surface area (TPSA) is 93.7 Å². The van der Waals surface area contributed by atoms with Gasteiger partial charge in [0.1, 0.15) is 24.4 Å². The fourth-order valence-electron chi connectivity index (χ4n) is 9.28. The predicted molar refractivity (Wildman–Crippen MR) is 318 cm³/mol. The molecule has 9 nitrogen and oxygen atoms in total. The standard InChI is InChI=1S/C57H121NO8Si5/c1-18-20-22-24-26-28-30-32-33-35-37-39-41-43-45-47-53(59)58-50(51(63-68(6,7)8)46-44-42-40-38-36-34-31-29-27-25-23-21-19-2)48-60-57-56(66-71(15,16)17)55(65-70(12,13)14)54(64-69(9,10)11)52(62-57)49-61-67(3,4)5/h44,46,50-52,54-57H,18-43,45,47-49H2,1-17H3,(H,58,59)/t50-,51+,52-,54-,55+,56-,57-/m1/s1. The summed E-state index contributed by atoms with van der Waals surface area (Å²) in [7, 11) is -10.4. The Bertz CT molecular complexity index is 1340. The van der Waals surface area contributed by atoms with Gasteiger partial charge in [-0.15, -0.1) is 0 Å². The summed E-state index contributed by atoms with van der Waals surface area (Å²) in [6.45, 7) is 38.5. The average Bonchev–Trinajstić information content (AvgIpc) is 3.24. The molecule has 1 aliphatic heterocycles. The SMILES string of the molecule is CCCCCCCCCCCCCC=C[C@H](O[Si](C)(C)C)[C@@H](CO[C@@H]1O[C@H](CO[Si](C)(C)C)[C@@H](O[Si](C)(C)C)[C@H](O[Si](C)(C)C)[C@H]1O[Si](C)(C)C)NC(=O)CCCCCCCCCCCCCCCCC. The van der Waals surface area contributed by atoms with Crippen molar-refractivity contribution in [1.29, 1.82) is 0 Å². The molecule has 0 radical (unpaired) electrons. The van der Waals surface area contributed by atoms with Crippen molar-refractivity contribution in [3.8, 4) is 0 Å². The second-order valence-electron chi connectivity index (χ2n) is 26.2. The minimum atomic E-state index is -2.18. The molecule has 0 spiro atoms. The lowest BCUT2D eigenvalue weighted by atomic mass is 9.99. The van der Waals surface area contributed by atoms with E-state index in [1.807, 2.05) is 0 Å².